The second-order valence-electron chi connectivity index (χ2n) is 7.03. The third-order valence-corrected chi connectivity index (χ3v) is 6.90. The Kier molecular flexibility index (Phi) is 5.68. The van der Waals surface area contributed by atoms with Gasteiger partial charge >= 0.3 is 0 Å². The minimum atomic E-state index is -2.99. The molecule has 5 nitrogen and oxygen atoms in total. The summed E-state index contributed by atoms with van der Waals surface area (Å²) in [6, 6.07) is 0.112. The average molecular weight is 318 g/mol. The number of hydrogen-bond donors (Lipinski definition) is 1. The Morgan fingerprint density at radius 3 is 2.52 bits per heavy atom. The zero-order valence-corrected chi connectivity index (χ0v) is 14.3. The van der Waals surface area contributed by atoms with E-state index in [1.807, 2.05) is 0 Å². The number of likely N-dealkylation sites (N-methyl/N-ethyl adjacent to an activating group) is 2. The molecule has 1 heterocycles. The number of nitrogens with zero attached hydrogens (tertiary/aromatic N) is 2. The largest absolute Gasteiger partial charge is 0.391 e. The molecule has 1 saturated heterocycles. The molecule has 4 unspecified atom stereocenters. The van der Waals surface area contributed by atoms with Crippen LogP contribution in [0.2, 0.25) is 0 Å². The highest BCUT2D eigenvalue weighted by Gasteiger charge is 2.37. The summed E-state index contributed by atoms with van der Waals surface area (Å²) in [5.41, 5.74) is 0. The molecule has 1 aliphatic heterocycles. The van der Waals surface area contributed by atoms with Crippen LogP contribution in [-0.2, 0) is 9.84 Å². The highest BCUT2D eigenvalue weighted by atomic mass is 32.2. The Morgan fingerprint density at radius 1 is 1.14 bits per heavy atom. The van der Waals surface area contributed by atoms with Crippen molar-refractivity contribution in [2.75, 3.05) is 40.0 Å². The first-order valence-electron chi connectivity index (χ1n) is 8.04. The van der Waals surface area contributed by atoms with E-state index in [1.54, 1.807) is 0 Å². The number of sulfone groups is 1. The number of rotatable bonds is 3. The molecule has 2 rings (SSSR count). The molecule has 1 saturated carbocycles. The van der Waals surface area contributed by atoms with E-state index < -0.39 is 15.9 Å². The number of aliphatic hydroxyl groups is 1. The van der Waals surface area contributed by atoms with Gasteiger partial charge in [-0.25, -0.2) is 8.42 Å². The van der Waals surface area contributed by atoms with Crippen LogP contribution in [0.15, 0.2) is 0 Å². The van der Waals surface area contributed by atoms with Crippen molar-refractivity contribution in [3.05, 3.63) is 0 Å². The molecule has 0 radical (unpaired) electrons. The van der Waals surface area contributed by atoms with Crippen LogP contribution in [0, 0.1) is 5.92 Å². The quantitative estimate of drug-likeness (QED) is 0.825. The molecule has 0 bridgehead atoms. The maximum absolute atomic E-state index is 11.8. The van der Waals surface area contributed by atoms with Crippen molar-refractivity contribution in [2.45, 2.75) is 49.5 Å². The fraction of sp³-hybridized carbons (Fsp3) is 1.00. The molecular weight excluding hydrogens is 288 g/mol. The van der Waals surface area contributed by atoms with Crippen molar-refractivity contribution in [3.63, 3.8) is 0 Å². The first kappa shape index (κ1) is 17.2. The molecule has 124 valence electrons. The molecule has 1 N–H and O–H groups in total. The van der Waals surface area contributed by atoms with Crippen molar-refractivity contribution in [1.82, 2.24) is 9.80 Å². The zero-order chi connectivity index (χ0) is 15.6. The molecule has 0 aromatic heterocycles. The molecule has 4 atom stereocenters. The third kappa shape index (κ3) is 4.41. The molecule has 2 fully saturated rings. The minimum Gasteiger partial charge on any atom is -0.391 e. The lowest BCUT2D eigenvalue weighted by Crippen LogP contribution is -2.50. The second-order valence-corrected chi connectivity index (χ2v) is 9.36. The molecule has 0 spiro atoms. The number of hydrogen-bond acceptors (Lipinski definition) is 5. The summed E-state index contributed by atoms with van der Waals surface area (Å²) in [5, 5.41) is 10.6. The summed E-state index contributed by atoms with van der Waals surface area (Å²) in [7, 11) is 1.18. The monoisotopic (exact) mass is 318 g/mol. The van der Waals surface area contributed by atoms with E-state index in [2.05, 4.69) is 23.9 Å². The van der Waals surface area contributed by atoms with Gasteiger partial charge in [0.2, 0.25) is 0 Å². The lowest BCUT2D eigenvalue weighted by Gasteiger charge is -2.38. The Balaban J connectivity index is 2.05. The Morgan fingerprint density at radius 2 is 1.86 bits per heavy atom. The van der Waals surface area contributed by atoms with Crippen molar-refractivity contribution in [3.8, 4) is 0 Å². The van der Waals surface area contributed by atoms with Gasteiger partial charge in [-0.3, -0.25) is 4.90 Å². The van der Waals surface area contributed by atoms with Crippen molar-refractivity contribution in [1.29, 1.82) is 0 Å². The molecule has 21 heavy (non-hydrogen) atoms. The van der Waals surface area contributed by atoms with Crippen molar-refractivity contribution < 1.29 is 13.5 Å². The van der Waals surface area contributed by atoms with E-state index in [0.717, 1.165) is 45.3 Å². The van der Waals surface area contributed by atoms with E-state index in [4.69, 9.17) is 0 Å². The molecular formula is C15H30N2O3S. The lowest BCUT2D eigenvalue weighted by atomic mass is 9.82. The molecule has 2 aliphatic rings. The van der Waals surface area contributed by atoms with Crippen molar-refractivity contribution >= 4 is 9.84 Å². The standard InChI is InChI=1S/C15H30N2O3S/c1-16-8-5-9-17(2)14(11-16)15(18)12-6-4-7-13(10-12)21(3,19)20/h12-15,18H,4-11H2,1-3H3. The van der Waals surface area contributed by atoms with Gasteiger partial charge < -0.3 is 10.0 Å². The first-order valence-corrected chi connectivity index (χ1v) is 10.00. The Labute approximate surface area is 129 Å². The molecule has 6 heteroatoms. The van der Waals surface area contributed by atoms with E-state index in [-0.39, 0.29) is 17.2 Å². The van der Waals surface area contributed by atoms with Gasteiger partial charge in [0, 0.05) is 18.8 Å². The van der Waals surface area contributed by atoms with Gasteiger partial charge in [0.05, 0.1) is 11.4 Å². The van der Waals surface area contributed by atoms with Gasteiger partial charge in [-0.15, -0.1) is 0 Å². The summed E-state index contributed by atoms with van der Waals surface area (Å²) in [4.78, 5) is 4.52. The van der Waals surface area contributed by atoms with Gasteiger partial charge in [0.15, 0.2) is 0 Å². The molecule has 0 aromatic rings. The van der Waals surface area contributed by atoms with Crippen LogP contribution in [0.1, 0.15) is 32.1 Å². The summed E-state index contributed by atoms with van der Waals surface area (Å²) in [6.45, 7) is 2.91. The van der Waals surface area contributed by atoms with Crippen LogP contribution >= 0.6 is 0 Å². The zero-order valence-electron chi connectivity index (χ0n) is 13.5. The van der Waals surface area contributed by atoms with Crippen LogP contribution in [0.4, 0.5) is 0 Å². The topological polar surface area (TPSA) is 60.9 Å². The van der Waals surface area contributed by atoms with Crippen LogP contribution in [0.25, 0.3) is 0 Å². The smallest absolute Gasteiger partial charge is 0.150 e. The lowest BCUT2D eigenvalue weighted by molar-refractivity contribution is 0.00449. The average Bonchev–Trinajstić information content (AvgIpc) is 2.59. The van der Waals surface area contributed by atoms with Gasteiger partial charge in [-0.05, 0) is 58.8 Å². The minimum absolute atomic E-state index is 0.109. The number of aliphatic hydroxyl groups excluding tert-OH is 1. The summed E-state index contributed by atoms with van der Waals surface area (Å²) >= 11 is 0. The van der Waals surface area contributed by atoms with Crippen molar-refractivity contribution in [2.24, 2.45) is 5.92 Å². The Hall–Kier alpha value is -0.170. The van der Waals surface area contributed by atoms with Gasteiger partial charge in [0.25, 0.3) is 0 Å². The maximum atomic E-state index is 11.8. The second kappa shape index (κ2) is 6.94. The summed E-state index contributed by atoms with van der Waals surface area (Å²) in [5.74, 6) is 0.109. The third-order valence-electron chi connectivity index (χ3n) is 5.26. The van der Waals surface area contributed by atoms with E-state index in [1.165, 1.54) is 6.26 Å². The SMILES string of the molecule is CN1CCCN(C)C(C(O)C2CCCC(S(C)(=O)=O)C2)C1. The predicted octanol–water partition coefficient (Wildman–Crippen LogP) is 0.587. The molecule has 0 aromatic carbocycles. The van der Waals surface area contributed by atoms with Gasteiger partial charge in [0.1, 0.15) is 9.84 Å². The highest BCUT2D eigenvalue weighted by molar-refractivity contribution is 7.91. The first-order chi connectivity index (χ1) is 9.79. The van der Waals surface area contributed by atoms with E-state index in [9.17, 15) is 13.5 Å². The maximum Gasteiger partial charge on any atom is 0.150 e. The fourth-order valence-corrected chi connectivity index (χ4v) is 5.06. The predicted molar refractivity (Wildman–Crippen MR) is 85.1 cm³/mol. The Bertz CT molecular complexity index is 440. The van der Waals surface area contributed by atoms with Crippen LogP contribution in [-0.4, -0.2) is 80.7 Å². The summed E-state index contributed by atoms with van der Waals surface area (Å²) in [6.07, 6.45) is 5.24. The van der Waals surface area contributed by atoms with Crippen LogP contribution in [0.5, 0.6) is 0 Å². The van der Waals surface area contributed by atoms with Crippen LogP contribution < -0.4 is 0 Å². The fourth-order valence-electron chi connectivity index (χ4n) is 3.87. The molecule has 0 amide bonds. The normalized spacial score (nSPS) is 35.3. The van der Waals surface area contributed by atoms with E-state index >= 15 is 0 Å². The van der Waals surface area contributed by atoms with Gasteiger partial charge in [-0.2, -0.15) is 0 Å². The molecule has 1 aliphatic carbocycles. The summed E-state index contributed by atoms with van der Waals surface area (Å²) < 4.78 is 23.6. The highest BCUT2D eigenvalue weighted by Crippen LogP contribution is 2.32. The van der Waals surface area contributed by atoms with E-state index in [0.29, 0.717) is 6.42 Å². The van der Waals surface area contributed by atoms with Gasteiger partial charge in [-0.1, -0.05) is 6.42 Å². The van der Waals surface area contributed by atoms with Crippen LogP contribution in [0.3, 0.4) is 0 Å².